The number of aryl methyl sites for hydroxylation is 1. The molecule has 4 aromatic rings. The average Bonchev–Trinajstić information content (AvgIpc) is 2.70. The third-order valence-electron chi connectivity index (χ3n) is 4.48. The van der Waals surface area contributed by atoms with Crippen LogP contribution in [0.5, 0.6) is 0 Å². The van der Waals surface area contributed by atoms with E-state index in [2.05, 4.69) is 10.3 Å². The van der Waals surface area contributed by atoms with Crippen LogP contribution in [0.15, 0.2) is 71.5 Å². The van der Waals surface area contributed by atoms with Crippen LogP contribution >= 0.6 is 23.2 Å². The van der Waals surface area contributed by atoms with Crippen molar-refractivity contribution in [3.8, 4) is 5.69 Å². The van der Waals surface area contributed by atoms with E-state index in [9.17, 15) is 9.59 Å². The number of benzene rings is 3. The Kier molecular flexibility index (Phi) is 5.09. The van der Waals surface area contributed by atoms with Crippen LogP contribution in [0.2, 0.25) is 10.0 Å². The molecule has 1 amide bonds. The van der Waals surface area contributed by atoms with Gasteiger partial charge in [-0.2, -0.15) is 0 Å². The van der Waals surface area contributed by atoms with E-state index in [0.717, 1.165) is 0 Å². The van der Waals surface area contributed by atoms with E-state index in [1.807, 2.05) is 6.07 Å². The normalized spacial score (nSPS) is 10.9. The highest BCUT2D eigenvalue weighted by molar-refractivity contribution is 6.36. The number of nitrogens with zero attached hydrogens (tertiary/aromatic N) is 2. The van der Waals surface area contributed by atoms with Crippen LogP contribution in [0.4, 0.5) is 5.69 Å². The Bertz CT molecular complexity index is 1320. The lowest BCUT2D eigenvalue weighted by Gasteiger charge is -2.13. The van der Waals surface area contributed by atoms with E-state index >= 15 is 0 Å². The van der Waals surface area contributed by atoms with Gasteiger partial charge in [0.05, 0.1) is 27.2 Å². The highest BCUT2D eigenvalue weighted by atomic mass is 35.5. The molecule has 0 fully saturated rings. The zero-order chi connectivity index (χ0) is 20.5. The molecule has 0 aliphatic carbocycles. The quantitative estimate of drug-likeness (QED) is 0.489. The first-order chi connectivity index (χ1) is 13.9. The summed E-state index contributed by atoms with van der Waals surface area (Å²) in [5.41, 5.74) is 1.86. The van der Waals surface area contributed by atoms with Gasteiger partial charge in [-0.05, 0) is 55.5 Å². The summed E-state index contributed by atoms with van der Waals surface area (Å²) in [6.07, 6.45) is 0. The zero-order valence-electron chi connectivity index (χ0n) is 15.3. The van der Waals surface area contributed by atoms with E-state index in [0.29, 0.717) is 38.1 Å². The lowest BCUT2D eigenvalue weighted by molar-refractivity contribution is 0.102. The number of carbonyl (C=O) groups is 1. The van der Waals surface area contributed by atoms with Crippen LogP contribution < -0.4 is 10.9 Å². The molecular formula is C22H15Cl2N3O2. The molecule has 7 heteroatoms. The second-order valence-corrected chi connectivity index (χ2v) is 7.29. The lowest BCUT2D eigenvalue weighted by Crippen LogP contribution is -2.22. The van der Waals surface area contributed by atoms with Crippen LogP contribution in [0.3, 0.4) is 0 Å². The zero-order valence-corrected chi connectivity index (χ0v) is 16.8. The number of para-hydroxylation sites is 1. The molecule has 0 aliphatic rings. The first-order valence-electron chi connectivity index (χ1n) is 8.79. The number of fused-ring (bicyclic) bond motifs is 1. The minimum Gasteiger partial charge on any atom is -0.322 e. The summed E-state index contributed by atoms with van der Waals surface area (Å²) in [5.74, 6) is 0.158. The molecule has 0 atom stereocenters. The first kappa shape index (κ1) is 19.2. The summed E-state index contributed by atoms with van der Waals surface area (Å²) in [4.78, 5) is 30.1. The highest BCUT2D eigenvalue weighted by Gasteiger charge is 2.13. The number of hydrogen-bond acceptors (Lipinski definition) is 3. The van der Waals surface area contributed by atoms with Crippen molar-refractivity contribution in [2.45, 2.75) is 6.92 Å². The van der Waals surface area contributed by atoms with Crippen molar-refractivity contribution >= 4 is 45.7 Å². The molecule has 0 radical (unpaired) electrons. The van der Waals surface area contributed by atoms with Crippen molar-refractivity contribution in [3.63, 3.8) is 0 Å². The summed E-state index contributed by atoms with van der Waals surface area (Å²) < 4.78 is 1.52. The number of amides is 1. The molecule has 29 heavy (non-hydrogen) atoms. The molecule has 4 rings (SSSR count). The molecule has 5 nitrogen and oxygen atoms in total. The molecular weight excluding hydrogens is 409 g/mol. The molecule has 144 valence electrons. The van der Waals surface area contributed by atoms with Gasteiger partial charge in [0.2, 0.25) is 0 Å². The van der Waals surface area contributed by atoms with Crippen molar-refractivity contribution < 1.29 is 4.79 Å². The fraction of sp³-hybridized carbons (Fsp3) is 0.0455. The maximum absolute atomic E-state index is 13.0. The second-order valence-electron chi connectivity index (χ2n) is 6.45. The Labute approximate surface area is 176 Å². The van der Waals surface area contributed by atoms with Gasteiger partial charge in [-0.3, -0.25) is 14.2 Å². The van der Waals surface area contributed by atoms with Crippen LogP contribution in [-0.2, 0) is 0 Å². The smallest absolute Gasteiger partial charge is 0.265 e. The van der Waals surface area contributed by atoms with Gasteiger partial charge in [0.25, 0.3) is 11.5 Å². The van der Waals surface area contributed by atoms with Gasteiger partial charge in [0, 0.05) is 10.7 Å². The summed E-state index contributed by atoms with van der Waals surface area (Å²) in [6.45, 7) is 1.77. The molecule has 0 aliphatic heterocycles. The Morgan fingerprint density at radius 2 is 1.79 bits per heavy atom. The number of halogens is 2. The summed E-state index contributed by atoms with van der Waals surface area (Å²) >= 11 is 12.1. The maximum atomic E-state index is 13.0. The van der Waals surface area contributed by atoms with Gasteiger partial charge in [-0.25, -0.2) is 4.98 Å². The van der Waals surface area contributed by atoms with Crippen LogP contribution in [0, 0.1) is 6.92 Å². The van der Waals surface area contributed by atoms with E-state index in [4.69, 9.17) is 23.2 Å². The molecule has 3 aromatic carbocycles. The van der Waals surface area contributed by atoms with Gasteiger partial charge < -0.3 is 5.32 Å². The molecule has 1 heterocycles. The number of hydrogen-bond donors (Lipinski definition) is 1. The molecule has 0 bridgehead atoms. The number of carbonyl (C=O) groups excluding carboxylic acids is 1. The largest absolute Gasteiger partial charge is 0.322 e. The summed E-state index contributed by atoms with van der Waals surface area (Å²) in [6, 6.07) is 18.9. The van der Waals surface area contributed by atoms with Crippen molar-refractivity contribution in [3.05, 3.63) is 98.5 Å². The Hall–Kier alpha value is -3.15. The number of aromatic nitrogens is 2. The SMILES string of the molecule is Cc1nc2ccccc2c(=O)n1-c1cccc(NC(=O)c2cc(Cl)ccc2Cl)c1. The number of nitrogens with one attached hydrogen (secondary N) is 1. The Balaban J connectivity index is 1.73. The second kappa shape index (κ2) is 7.70. The van der Waals surface area contributed by atoms with Crippen molar-refractivity contribution in [1.29, 1.82) is 0 Å². The van der Waals surface area contributed by atoms with E-state index in [-0.39, 0.29) is 11.1 Å². The fourth-order valence-electron chi connectivity index (χ4n) is 3.14. The minimum atomic E-state index is -0.393. The predicted octanol–water partition coefficient (Wildman–Crippen LogP) is 5.25. The van der Waals surface area contributed by atoms with Gasteiger partial charge in [-0.1, -0.05) is 41.4 Å². The fourth-order valence-corrected chi connectivity index (χ4v) is 3.52. The lowest BCUT2D eigenvalue weighted by atomic mass is 10.2. The molecule has 0 saturated heterocycles. The third-order valence-corrected chi connectivity index (χ3v) is 5.04. The van der Waals surface area contributed by atoms with E-state index in [1.54, 1.807) is 61.5 Å². The summed E-state index contributed by atoms with van der Waals surface area (Å²) in [5, 5.41) is 4.04. The minimum absolute atomic E-state index is 0.172. The Morgan fingerprint density at radius 3 is 2.62 bits per heavy atom. The highest BCUT2D eigenvalue weighted by Crippen LogP contribution is 2.23. The molecule has 1 N–H and O–H groups in total. The Morgan fingerprint density at radius 1 is 1.00 bits per heavy atom. The third kappa shape index (κ3) is 3.75. The van der Waals surface area contributed by atoms with E-state index in [1.165, 1.54) is 10.6 Å². The molecule has 1 aromatic heterocycles. The van der Waals surface area contributed by atoms with Crippen molar-refractivity contribution in [2.24, 2.45) is 0 Å². The van der Waals surface area contributed by atoms with Gasteiger partial charge >= 0.3 is 0 Å². The summed E-state index contributed by atoms with van der Waals surface area (Å²) in [7, 11) is 0. The van der Waals surface area contributed by atoms with Gasteiger partial charge in [0.15, 0.2) is 0 Å². The number of rotatable bonds is 3. The molecule has 0 unspecified atom stereocenters. The van der Waals surface area contributed by atoms with Crippen molar-refractivity contribution in [2.75, 3.05) is 5.32 Å². The van der Waals surface area contributed by atoms with Crippen LogP contribution in [-0.4, -0.2) is 15.5 Å². The van der Waals surface area contributed by atoms with Crippen LogP contribution in [0.25, 0.3) is 16.6 Å². The van der Waals surface area contributed by atoms with Crippen molar-refractivity contribution in [1.82, 2.24) is 9.55 Å². The maximum Gasteiger partial charge on any atom is 0.265 e. The topological polar surface area (TPSA) is 64.0 Å². The first-order valence-corrected chi connectivity index (χ1v) is 9.55. The predicted molar refractivity (Wildman–Crippen MR) is 116 cm³/mol. The molecule has 0 spiro atoms. The van der Waals surface area contributed by atoms with Gasteiger partial charge in [-0.15, -0.1) is 0 Å². The standard InChI is InChI=1S/C22H15Cl2N3O2/c1-13-25-20-8-3-2-7-17(20)22(29)27(13)16-6-4-5-15(12-16)26-21(28)18-11-14(23)9-10-19(18)24/h2-12H,1H3,(H,26,28). The monoisotopic (exact) mass is 423 g/mol. The average molecular weight is 424 g/mol. The van der Waals surface area contributed by atoms with Gasteiger partial charge in [0.1, 0.15) is 5.82 Å². The molecule has 0 saturated carbocycles. The van der Waals surface area contributed by atoms with Crippen LogP contribution in [0.1, 0.15) is 16.2 Å². The van der Waals surface area contributed by atoms with E-state index < -0.39 is 5.91 Å². The number of anilines is 1.